The Morgan fingerprint density at radius 3 is 2.59 bits per heavy atom. The van der Waals surface area contributed by atoms with Gasteiger partial charge in [-0.2, -0.15) is 0 Å². The van der Waals surface area contributed by atoms with Crippen LogP contribution < -0.4 is 5.56 Å². The summed E-state index contributed by atoms with van der Waals surface area (Å²) in [4.78, 5) is 39.9. The molecule has 0 atom stereocenters. The van der Waals surface area contributed by atoms with Crippen LogP contribution in [0.15, 0.2) is 47.5 Å². The van der Waals surface area contributed by atoms with E-state index in [2.05, 4.69) is 4.98 Å². The average molecular weight is 365 g/mol. The largest absolute Gasteiger partial charge is 0.292 e. The van der Waals surface area contributed by atoms with Gasteiger partial charge >= 0.3 is 0 Å². The van der Waals surface area contributed by atoms with E-state index >= 15 is 0 Å². The lowest BCUT2D eigenvalue weighted by Crippen LogP contribution is -2.25. The van der Waals surface area contributed by atoms with E-state index < -0.39 is 10.5 Å². The molecule has 0 aliphatic rings. The highest BCUT2D eigenvalue weighted by molar-refractivity contribution is 5.97. The maximum absolute atomic E-state index is 12.8. The summed E-state index contributed by atoms with van der Waals surface area (Å²) < 4.78 is 1.24. The number of nitrogens with zero attached hydrogens (tertiary/aromatic N) is 3. The minimum Gasteiger partial charge on any atom is -0.292 e. The summed E-state index contributed by atoms with van der Waals surface area (Å²) in [5, 5.41) is 11.1. The second-order valence-electron chi connectivity index (χ2n) is 6.26. The number of non-ortho nitro benzene ring substituents is 1. The number of hydrogen-bond donors (Lipinski definition) is 0. The van der Waals surface area contributed by atoms with Gasteiger partial charge in [0.1, 0.15) is 0 Å². The predicted octanol–water partition coefficient (Wildman–Crippen LogP) is 3.31. The topological polar surface area (TPSA) is 95.1 Å². The standard InChI is InChI=1S/C20H19N3O4/c1-3-13-5-6-14(4-2)17(9-13)19(24)11-22-12-21-18-10-15(23(26)27)7-8-16(18)20(22)25/h5-10,12H,3-4,11H2,1-2H3. The molecule has 0 aliphatic heterocycles. The Morgan fingerprint density at radius 2 is 1.93 bits per heavy atom. The number of carbonyl (C=O) groups is 1. The van der Waals surface area contributed by atoms with Crippen LogP contribution in [0, 0.1) is 10.1 Å². The summed E-state index contributed by atoms with van der Waals surface area (Å²) in [5.74, 6) is -0.160. The van der Waals surface area contributed by atoms with Gasteiger partial charge in [0.2, 0.25) is 0 Å². The molecule has 138 valence electrons. The number of rotatable bonds is 6. The summed E-state index contributed by atoms with van der Waals surface area (Å²) in [5.41, 5.74) is 2.33. The molecule has 1 heterocycles. The Morgan fingerprint density at radius 1 is 1.15 bits per heavy atom. The third-order valence-electron chi connectivity index (χ3n) is 4.60. The van der Waals surface area contributed by atoms with Gasteiger partial charge in [0, 0.05) is 17.7 Å². The van der Waals surface area contributed by atoms with Crippen LogP contribution in [0.25, 0.3) is 10.9 Å². The number of hydrogen-bond acceptors (Lipinski definition) is 5. The third-order valence-corrected chi connectivity index (χ3v) is 4.60. The summed E-state index contributed by atoms with van der Waals surface area (Å²) >= 11 is 0. The second-order valence-corrected chi connectivity index (χ2v) is 6.26. The molecule has 2 aromatic carbocycles. The van der Waals surface area contributed by atoms with Crippen LogP contribution in [0.3, 0.4) is 0 Å². The molecule has 0 fully saturated rings. The van der Waals surface area contributed by atoms with Crippen LogP contribution >= 0.6 is 0 Å². The monoisotopic (exact) mass is 365 g/mol. The zero-order valence-corrected chi connectivity index (χ0v) is 15.1. The van der Waals surface area contributed by atoms with Gasteiger partial charge in [0.05, 0.1) is 28.7 Å². The van der Waals surface area contributed by atoms with Crippen molar-refractivity contribution in [2.75, 3.05) is 0 Å². The van der Waals surface area contributed by atoms with Crippen LogP contribution in [0.2, 0.25) is 0 Å². The normalized spacial score (nSPS) is 10.9. The molecule has 7 nitrogen and oxygen atoms in total. The Kier molecular flexibility index (Phi) is 5.12. The summed E-state index contributed by atoms with van der Waals surface area (Å²) in [7, 11) is 0. The highest BCUT2D eigenvalue weighted by atomic mass is 16.6. The van der Waals surface area contributed by atoms with Crippen molar-refractivity contribution in [3.8, 4) is 0 Å². The lowest BCUT2D eigenvalue weighted by molar-refractivity contribution is -0.384. The smallest absolute Gasteiger partial charge is 0.271 e. The fourth-order valence-corrected chi connectivity index (χ4v) is 3.02. The van der Waals surface area contributed by atoms with E-state index in [0.717, 1.165) is 24.0 Å². The van der Waals surface area contributed by atoms with Gasteiger partial charge in [0.15, 0.2) is 5.78 Å². The molecule has 1 aromatic heterocycles. The number of Topliss-reactive ketones (excluding diaryl/α,β-unsaturated/α-hetero) is 1. The first-order chi connectivity index (χ1) is 12.9. The van der Waals surface area contributed by atoms with Crippen LogP contribution in [-0.4, -0.2) is 20.3 Å². The van der Waals surface area contributed by atoms with Crippen LogP contribution in [0.1, 0.15) is 35.3 Å². The number of aromatic nitrogens is 2. The van der Waals surface area contributed by atoms with Crippen LogP contribution in [-0.2, 0) is 19.4 Å². The molecule has 0 spiro atoms. The maximum atomic E-state index is 12.8. The minimum absolute atomic E-state index is 0.126. The Labute approximate surface area is 155 Å². The summed E-state index contributed by atoms with van der Waals surface area (Å²) in [6.45, 7) is 3.87. The molecule has 0 saturated heterocycles. The van der Waals surface area contributed by atoms with Gasteiger partial charge < -0.3 is 0 Å². The van der Waals surface area contributed by atoms with E-state index in [1.165, 1.54) is 29.1 Å². The van der Waals surface area contributed by atoms with Gasteiger partial charge in [-0.1, -0.05) is 26.0 Å². The summed E-state index contributed by atoms with van der Waals surface area (Å²) in [6.07, 6.45) is 2.81. The van der Waals surface area contributed by atoms with E-state index in [-0.39, 0.29) is 28.9 Å². The molecule has 3 aromatic rings. The third kappa shape index (κ3) is 3.62. The highest BCUT2D eigenvalue weighted by Gasteiger charge is 2.15. The van der Waals surface area contributed by atoms with Crippen molar-refractivity contribution in [3.05, 3.63) is 79.9 Å². The van der Waals surface area contributed by atoms with Gasteiger partial charge in [-0.15, -0.1) is 0 Å². The molecule has 0 bridgehead atoms. The first kappa shape index (κ1) is 18.4. The Balaban J connectivity index is 1.98. The van der Waals surface area contributed by atoms with Crippen LogP contribution in [0.5, 0.6) is 0 Å². The quantitative estimate of drug-likeness (QED) is 0.379. The van der Waals surface area contributed by atoms with Gasteiger partial charge in [-0.3, -0.25) is 24.3 Å². The molecule has 0 radical (unpaired) electrons. The van der Waals surface area contributed by atoms with Gasteiger partial charge in [0.25, 0.3) is 11.2 Å². The molecule has 0 unspecified atom stereocenters. The molecule has 0 saturated carbocycles. The second kappa shape index (κ2) is 7.49. The lowest BCUT2D eigenvalue weighted by Gasteiger charge is -2.11. The number of nitro benzene ring substituents is 1. The van der Waals surface area contributed by atoms with Crippen molar-refractivity contribution in [2.45, 2.75) is 33.2 Å². The fourth-order valence-electron chi connectivity index (χ4n) is 3.02. The first-order valence-corrected chi connectivity index (χ1v) is 8.73. The van der Waals surface area contributed by atoms with E-state index in [4.69, 9.17) is 0 Å². The lowest BCUT2D eigenvalue weighted by atomic mass is 9.97. The molecule has 0 N–H and O–H groups in total. The van der Waals surface area contributed by atoms with Crippen molar-refractivity contribution in [3.63, 3.8) is 0 Å². The number of aryl methyl sites for hydroxylation is 2. The predicted molar refractivity (Wildman–Crippen MR) is 102 cm³/mol. The Bertz CT molecular complexity index is 1100. The number of benzene rings is 2. The van der Waals surface area contributed by atoms with Crippen molar-refractivity contribution < 1.29 is 9.72 Å². The van der Waals surface area contributed by atoms with Crippen molar-refractivity contribution in [2.24, 2.45) is 0 Å². The van der Waals surface area contributed by atoms with Crippen molar-refractivity contribution in [1.82, 2.24) is 9.55 Å². The zero-order valence-electron chi connectivity index (χ0n) is 15.1. The highest BCUT2D eigenvalue weighted by Crippen LogP contribution is 2.17. The number of ketones is 1. The van der Waals surface area contributed by atoms with Gasteiger partial charge in [-0.25, -0.2) is 4.98 Å². The molecule has 27 heavy (non-hydrogen) atoms. The van der Waals surface area contributed by atoms with E-state index in [1.54, 1.807) is 0 Å². The molecule has 0 amide bonds. The maximum Gasteiger partial charge on any atom is 0.271 e. The summed E-state index contributed by atoms with van der Waals surface area (Å²) in [6, 6.07) is 9.72. The molecule has 7 heteroatoms. The van der Waals surface area contributed by atoms with Crippen LogP contribution in [0.4, 0.5) is 5.69 Å². The zero-order chi connectivity index (χ0) is 19.6. The van der Waals surface area contributed by atoms with Crippen molar-refractivity contribution in [1.29, 1.82) is 0 Å². The molecular formula is C20H19N3O4. The first-order valence-electron chi connectivity index (χ1n) is 8.73. The molecule has 0 aliphatic carbocycles. The fraction of sp³-hybridized carbons (Fsp3) is 0.250. The number of carbonyl (C=O) groups excluding carboxylic acids is 1. The average Bonchev–Trinajstić information content (AvgIpc) is 2.69. The van der Waals surface area contributed by atoms with E-state index in [9.17, 15) is 19.7 Å². The minimum atomic E-state index is -0.539. The molecule has 3 rings (SSSR count). The number of nitro groups is 1. The molecular weight excluding hydrogens is 346 g/mol. The van der Waals surface area contributed by atoms with Crippen molar-refractivity contribution >= 4 is 22.4 Å². The van der Waals surface area contributed by atoms with Gasteiger partial charge in [-0.05, 0) is 36.1 Å². The van der Waals surface area contributed by atoms with E-state index in [1.807, 2.05) is 32.0 Å². The SMILES string of the molecule is CCc1ccc(CC)c(C(=O)Cn2cnc3cc([N+](=O)[O-])ccc3c2=O)c1. The van der Waals surface area contributed by atoms with E-state index in [0.29, 0.717) is 5.56 Å². The Hall–Kier alpha value is -3.35. The number of fused-ring (bicyclic) bond motifs is 1.